The first kappa shape index (κ1) is 20.5. The first-order chi connectivity index (χ1) is 13.2. The molecule has 0 aliphatic carbocycles. The van der Waals surface area contributed by atoms with E-state index in [4.69, 9.17) is 4.74 Å². The zero-order valence-electron chi connectivity index (χ0n) is 14.8. The van der Waals surface area contributed by atoms with Crippen molar-refractivity contribution in [3.8, 4) is 5.75 Å². The van der Waals surface area contributed by atoms with Crippen LogP contribution in [0.3, 0.4) is 0 Å². The van der Waals surface area contributed by atoms with E-state index in [1.165, 1.54) is 13.4 Å². The first-order valence-corrected chi connectivity index (χ1v) is 9.88. The number of thioether (sulfide) groups is 1. The van der Waals surface area contributed by atoms with Crippen LogP contribution in [0.5, 0.6) is 5.75 Å². The summed E-state index contributed by atoms with van der Waals surface area (Å²) in [6.45, 7) is 1.98. The lowest BCUT2D eigenvalue weighted by Gasteiger charge is -2.15. The van der Waals surface area contributed by atoms with Crippen LogP contribution in [0.25, 0.3) is 10.9 Å². The highest BCUT2D eigenvalue weighted by Gasteiger charge is 2.31. The van der Waals surface area contributed by atoms with Gasteiger partial charge in [-0.25, -0.2) is 9.66 Å². The van der Waals surface area contributed by atoms with Crippen LogP contribution in [0.15, 0.2) is 50.8 Å². The quantitative estimate of drug-likeness (QED) is 0.517. The molecule has 0 fully saturated rings. The number of nitrogens with zero attached hydrogens (tertiary/aromatic N) is 2. The van der Waals surface area contributed by atoms with Crippen LogP contribution in [0.2, 0.25) is 0 Å². The lowest BCUT2D eigenvalue weighted by molar-refractivity contribution is -0.137. The Balaban J connectivity index is 2.12. The number of fused-ring (bicyclic) bond motifs is 1. The number of hydrogen-bond donors (Lipinski definition) is 1. The van der Waals surface area contributed by atoms with Crippen molar-refractivity contribution in [2.45, 2.75) is 18.0 Å². The number of anilines is 1. The number of methoxy groups -OCH3 is 1. The molecule has 1 aromatic heterocycles. The Kier molecular flexibility index (Phi) is 5.90. The molecule has 0 aliphatic rings. The fraction of sp³-hybridized carbons (Fsp3) is 0.222. The van der Waals surface area contributed by atoms with Crippen molar-refractivity contribution in [3.05, 3.63) is 57.0 Å². The standard InChI is InChI=1S/C18H15BrF3N3O2S/c1-3-28-15-5-4-11(27-2)8-14(15)24-25-9-23-16-12(17(25)26)6-10(7-13(16)19)18(20,21)22/h4-9,24H,3H2,1-2H3. The van der Waals surface area contributed by atoms with Gasteiger partial charge in [0, 0.05) is 15.4 Å². The summed E-state index contributed by atoms with van der Waals surface area (Å²) in [5.74, 6) is 1.38. The Morgan fingerprint density at radius 2 is 2.04 bits per heavy atom. The molecule has 3 aromatic rings. The molecule has 0 bridgehead atoms. The van der Waals surface area contributed by atoms with Gasteiger partial charge in [-0.1, -0.05) is 6.92 Å². The normalized spacial score (nSPS) is 11.6. The van der Waals surface area contributed by atoms with Gasteiger partial charge in [-0.15, -0.1) is 11.8 Å². The van der Waals surface area contributed by atoms with Gasteiger partial charge < -0.3 is 4.74 Å². The second-order valence-corrected chi connectivity index (χ2v) is 7.84. The molecule has 5 nitrogen and oxygen atoms in total. The molecule has 1 heterocycles. The summed E-state index contributed by atoms with van der Waals surface area (Å²) in [7, 11) is 1.52. The highest BCUT2D eigenvalue weighted by Crippen LogP contribution is 2.34. The van der Waals surface area contributed by atoms with Gasteiger partial charge in [-0.05, 0) is 45.9 Å². The largest absolute Gasteiger partial charge is 0.497 e. The molecule has 0 saturated carbocycles. The van der Waals surface area contributed by atoms with Crippen LogP contribution in [-0.2, 0) is 6.18 Å². The molecule has 2 aromatic carbocycles. The zero-order valence-corrected chi connectivity index (χ0v) is 17.2. The number of hydrogen-bond acceptors (Lipinski definition) is 5. The second kappa shape index (κ2) is 8.04. The number of ether oxygens (including phenoxy) is 1. The van der Waals surface area contributed by atoms with E-state index in [2.05, 4.69) is 26.3 Å². The Bertz CT molecular complexity index is 1090. The van der Waals surface area contributed by atoms with Crippen molar-refractivity contribution >= 4 is 44.3 Å². The number of rotatable bonds is 5. The van der Waals surface area contributed by atoms with Crippen LogP contribution >= 0.6 is 27.7 Å². The Morgan fingerprint density at radius 1 is 1.29 bits per heavy atom. The third-order valence-electron chi connectivity index (χ3n) is 3.87. The van der Waals surface area contributed by atoms with E-state index in [-0.39, 0.29) is 15.4 Å². The summed E-state index contributed by atoms with van der Waals surface area (Å²) in [5, 5.41) is -0.149. The molecule has 3 rings (SSSR count). The molecular weight excluding hydrogens is 459 g/mol. The highest BCUT2D eigenvalue weighted by atomic mass is 79.9. The Morgan fingerprint density at radius 3 is 2.68 bits per heavy atom. The van der Waals surface area contributed by atoms with E-state index < -0.39 is 17.3 Å². The highest BCUT2D eigenvalue weighted by molar-refractivity contribution is 9.10. The van der Waals surface area contributed by atoms with E-state index in [0.717, 1.165) is 27.5 Å². The van der Waals surface area contributed by atoms with Gasteiger partial charge in [0.15, 0.2) is 0 Å². The summed E-state index contributed by atoms with van der Waals surface area (Å²) >= 11 is 4.61. The van der Waals surface area contributed by atoms with E-state index in [0.29, 0.717) is 11.4 Å². The Labute approximate surface area is 171 Å². The summed E-state index contributed by atoms with van der Waals surface area (Å²) in [4.78, 5) is 17.8. The number of alkyl halides is 3. The van der Waals surface area contributed by atoms with Crippen LogP contribution in [0, 0.1) is 0 Å². The van der Waals surface area contributed by atoms with Crippen molar-refractivity contribution in [2.24, 2.45) is 0 Å². The molecule has 0 radical (unpaired) electrons. The smallest absolute Gasteiger partial charge is 0.416 e. The molecule has 10 heteroatoms. The number of benzene rings is 2. The van der Waals surface area contributed by atoms with E-state index in [1.807, 2.05) is 13.0 Å². The maximum absolute atomic E-state index is 13.1. The predicted octanol–water partition coefficient (Wildman–Crippen LogP) is 5.17. The van der Waals surface area contributed by atoms with Gasteiger partial charge in [0.2, 0.25) is 0 Å². The number of aromatic nitrogens is 2. The van der Waals surface area contributed by atoms with Crippen LogP contribution < -0.4 is 15.7 Å². The molecule has 148 valence electrons. The van der Waals surface area contributed by atoms with E-state index in [1.54, 1.807) is 23.9 Å². The predicted molar refractivity (Wildman–Crippen MR) is 107 cm³/mol. The summed E-state index contributed by atoms with van der Waals surface area (Å²) in [6.07, 6.45) is -3.34. The van der Waals surface area contributed by atoms with Gasteiger partial charge in [0.25, 0.3) is 5.56 Å². The molecule has 0 atom stereocenters. The van der Waals surface area contributed by atoms with Crippen molar-refractivity contribution in [1.29, 1.82) is 0 Å². The molecule has 0 spiro atoms. The summed E-state index contributed by atoms with van der Waals surface area (Å²) < 4.78 is 45.7. The van der Waals surface area contributed by atoms with Crippen LogP contribution in [-0.4, -0.2) is 22.5 Å². The number of halogens is 4. The maximum Gasteiger partial charge on any atom is 0.416 e. The van der Waals surface area contributed by atoms with Gasteiger partial charge in [0.05, 0.1) is 29.3 Å². The molecule has 1 N–H and O–H groups in total. The minimum absolute atomic E-state index is 0.102. The fourth-order valence-corrected chi connectivity index (χ4v) is 3.87. The van der Waals surface area contributed by atoms with E-state index >= 15 is 0 Å². The van der Waals surface area contributed by atoms with Gasteiger partial charge >= 0.3 is 6.18 Å². The minimum Gasteiger partial charge on any atom is -0.497 e. The molecular formula is C18H15BrF3N3O2S. The second-order valence-electron chi connectivity index (χ2n) is 5.68. The van der Waals surface area contributed by atoms with Crippen LogP contribution in [0.1, 0.15) is 12.5 Å². The third-order valence-corrected chi connectivity index (χ3v) is 5.43. The molecule has 0 saturated heterocycles. The molecule has 0 amide bonds. The fourth-order valence-electron chi connectivity index (χ4n) is 2.57. The van der Waals surface area contributed by atoms with Crippen LogP contribution in [0.4, 0.5) is 18.9 Å². The molecule has 28 heavy (non-hydrogen) atoms. The average Bonchev–Trinajstić information content (AvgIpc) is 2.65. The van der Waals surface area contributed by atoms with Gasteiger partial charge in [0.1, 0.15) is 12.1 Å². The zero-order chi connectivity index (χ0) is 20.5. The van der Waals surface area contributed by atoms with Crippen molar-refractivity contribution in [1.82, 2.24) is 9.66 Å². The lowest BCUT2D eigenvalue weighted by Crippen LogP contribution is -2.27. The van der Waals surface area contributed by atoms with Crippen molar-refractivity contribution < 1.29 is 17.9 Å². The monoisotopic (exact) mass is 473 g/mol. The lowest BCUT2D eigenvalue weighted by atomic mass is 10.1. The van der Waals surface area contributed by atoms with E-state index in [9.17, 15) is 18.0 Å². The van der Waals surface area contributed by atoms with Crippen molar-refractivity contribution in [2.75, 3.05) is 18.3 Å². The minimum atomic E-state index is -4.57. The third kappa shape index (κ3) is 4.12. The maximum atomic E-state index is 13.1. The van der Waals surface area contributed by atoms with Gasteiger partial charge in [-0.2, -0.15) is 13.2 Å². The first-order valence-electron chi connectivity index (χ1n) is 8.10. The number of nitrogens with one attached hydrogen (secondary N) is 1. The summed E-state index contributed by atoms with van der Waals surface area (Å²) in [5.41, 5.74) is 2.09. The molecule has 0 aliphatic heterocycles. The summed E-state index contributed by atoms with van der Waals surface area (Å²) in [6, 6.07) is 7.05. The Hall–Kier alpha value is -2.20. The SMILES string of the molecule is CCSc1ccc(OC)cc1Nn1cnc2c(Br)cc(C(F)(F)F)cc2c1=O. The molecule has 0 unspecified atom stereocenters. The van der Waals surface area contributed by atoms with Gasteiger partial charge in [-0.3, -0.25) is 10.2 Å². The topological polar surface area (TPSA) is 56.1 Å². The average molecular weight is 474 g/mol. The van der Waals surface area contributed by atoms with Crippen molar-refractivity contribution in [3.63, 3.8) is 0 Å².